The quantitative estimate of drug-likeness (QED) is 0.711. The smallest absolute Gasteiger partial charge is 0.0772 e. The summed E-state index contributed by atoms with van der Waals surface area (Å²) in [4.78, 5) is 0. The molecule has 1 unspecified atom stereocenters. The monoisotopic (exact) mass is 227 g/mol. The molecule has 1 aliphatic carbocycles. The molecule has 1 fully saturated rings. The van der Waals surface area contributed by atoms with Gasteiger partial charge in [0.2, 0.25) is 0 Å². The van der Waals surface area contributed by atoms with Crippen molar-refractivity contribution in [2.45, 2.75) is 77.9 Å². The lowest BCUT2D eigenvalue weighted by atomic mass is 9.84. The normalized spacial score (nSPS) is 31.1. The van der Waals surface area contributed by atoms with E-state index in [0.29, 0.717) is 5.41 Å². The molecule has 0 amide bonds. The minimum Gasteiger partial charge on any atom is -0.389 e. The van der Waals surface area contributed by atoms with Gasteiger partial charge in [-0.05, 0) is 51.9 Å². The van der Waals surface area contributed by atoms with E-state index in [1.165, 1.54) is 6.42 Å². The van der Waals surface area contributed by atoms with Gasteiger partial charge in [-0.1, -0.05) is 20.3 Å². The zero-order chi connectivity index (χ0) is 12.4. The van der Waals surface area contributed by atoms with Gasteiger partial charge in [-0.15, -0.1) is 0 Å². The highest BCUT2D eigenvalue weighted by molar-refractivity contribution is 4.89. The van der Waals surface area contributed by atoms with E-state index in [4.69, 9.17) is 0 Å². The first-order valence-corrected chi connectivity index (χ1v) is 6.59. The van der Waals surface area contributed by atoms with Crippen LogP contribution in [0.4, 0.5) is 0 Å². The first kappa shape index (κ1) is 14.0. The van der Waals surface area contributed by atoms with E-state index in [1.807, 2.05) is 0 Å². The van der Waals surface area contributed by atoms with Crippen LogP contribution < -0.4 is 5.32 Å². The zero-order valence-electron chi connectivity index (χ0n) is 11.7. The van der Waals surface area contributed by atoms with E-state index in [-0.39, 0.29) is 5.54 Å². The Balaban J connectivity index is 2.51. The summed E-state index contributed by atoms with van der Waals surface area (Å²) < 4.78 is 0. The molecule has 1 atom stereocenters. The number of hydrogen-bond acceptors (Lipinski definition) is 2. The van der Waals surface area contributed by atoms with Crippen molar-refractivity contribution in [3.05, 3.63) is 0 Å². The van der Waals surface area contributed by atoms with Crippen LogP contribution in [0, 0.1) is 5.41 Å². The molecular weight excluding hydrogens is 198 g/mol. The number of aliphatic hydroxyl groups is 1. The SMILES string of the molecule is CC1(C)CCCC(O)(CNC(C)(C)C)CC1. The van der Waals surface area contributed by atoms with Crippen molar-refractivity contribution < 1.29 is 5.11 Å². The molecule has 16 heavy (non-hydrogen) atoms. The number of hydrogen-bond donors (Lipinski definition) is 2. The van der Waals surface area contributed by atoms with Crippen LogP contribution in [-0.2, 0) is 0 Å². The van der Waals surface area contributed by atoms with Crippen LogP contribution in [0.2, 0.25) is 0 Å². The first-order chi connectivity index (χ1) is 7.12. The molecule has 2 nitrogen and oxygen atoms in total. The fourth-order valence-electron chi connectivity index (χ4n) is 2.32. The summed E-state index contributed by atoms with van der Waals surface area (Å²) in [6.07, 6.45) is 5.40. The summed E-state index contributed by atoms with van der Waals surface area (Å²) in [7, 11) is 0. The predicted octanol–water partition coefficient (Wildman–Crippen LogP) is 3.10. The summed E-state index contributed by atoms with van der Waals surface area (Å²) in [6, 6.07) is 0. The van der Waals surface area contributed by atoms with Gasteiger partial charge in [-0.2, -0.15) is 0 Å². The molecule has 0 aromatic carbocycles. The van der Waals surface area contributed by atoms with Gasteiger partial charge in [0.05, 0.1) is 5.60 Å². The van der Waals surface area contributed by atoms with Crippen molar-refractivity contribution in [2.24, 2.45) is 5.41 Å². The summed E-state index contributed by atoms with van der Waals surface area (Å²) in [5, 5.41) is 14.0. The van der Waals surface area contributed by atoms with E-state index in [9.17, 15) is 5.11 Å². The summed E-state index contributed by atoms with van der Waals surface area (Å²) >= 11 is 0. The maximum Gasteiger partial charge on any atom is 0.0772 e. The highest BCUT2D eigenvalue weighted by Gasteiger charge is 2.34. The highest BCUT2D eigenvalue weighted by Crippen LogP contribution is 2.37. The molecule has 2 heteroatoms. The van der Waals surface area contributed by atoms with Gasteiger partial charge in [0.1, 0.15) is 0 Å². The summed E-state index contributed by atoms with van der Waals surface area (Å²) in [5.41, 5.74) is 0.0187. The largest absolute Gasteiger partial charge is 0.389 e. The Labute approximate surface area is 101 Å². The Hall–Kier alpha value is -0.0800. The van der Waals surface area contributed by atoms with E-state index >= 15 is 0 Å². The third-order valence-electron chi connectivity index (χ3n) is 3.71. The lowest BCUT2D eigenvalue weighted by Crippen LogP contribution is -2.47. The fourth-order valence-corrected chi connectivity index (χ4v) is 2.32. The lowest BCUT2D eigenvalue weighted by molar-refractivity contribution is 0.0173. The average molecular weight is 227 g/mol. The van der Waals surface area contributed by atoms with Gasteiger partial charge in [-0.25, -0.2) is 0 Å². The molecule has 0 spiro atoms. The topological polar surface area (TPSA) is 32.3 Å². The Morgan fingerprint density at radius 3 is 2.25 bits per heavy atom. The molecule has 96 valence electrons. The minimum atomic E-state index is -0.485. The maximum absolute atomic E-state index is 10.6. The van der Waals surface area contributed by atoms with Gasteiger partial charge in [0.25, 0.3) is 0 Å². The predicted molar refractivity (Wildman–Crippen MR) is 69.6 cm³/mol. The molecule has 1 aliphatic rings. The molecule has 0 radical (unpaired) electrons. The molecule has 1 saturated carbocycles. The van der Waals surface area contributed by atoms with Gasteiger partial charge >= 0.3 is 0 Å². The van der Waals surface area contributed by atoms with Crippen molar-refractivity contribution >= 4 is 0 Å². The lowest BCUT2D eigenvalue weighted by Gasteiger charge is -2.32. The molecule has 0 aliphatic heterocycles. The van der Waals surface area contributed by atoms with Crippen LogP contribution in [0.1, 0.15) is 66.7 Å². The van der Waals surface area contributed by atoms with Crippen LogP contribution in [0.3, 0.4) is 0 Å². The van der Waals surface area contributed by atoms with Gasteiger partial charge < -0.3 is 10.4 Å². The molecule has 0 saturated heterocycles. The van der Waals surface area contributed by atoms with E-state index in [1.54, 1.807) is 0 Å². The second-order valence-corrected chi connectivity index (χ2v) is 7.35. The van der Waals surface area contributed by atoms with Crippen molar-refractivity contribution in [2.75, 3.05) is 6.54 Å². The second-order valence-electron chi connectivity index (χ2n) is 7.35. The van der Waals surface area contributed by atoms with E-state index < -0.39 is 5.60 Å². The Morgan fingerprint density at radius 1 is 1.06 bits per heavy atom. The molecule has 2 N–H and O–H groups in total. The Bertz CT molecular complexity index is 229. The molecule has 0 aromatic heterocycles. The molecule has 0 heterocycles. The molecule has 1 rings (SSSR count). The Morgan fingerprint density at radius 2 is 1.69 bits per heavy atom. The number of rotatable bonds is 2. The fraction of sp³-hybridized carbons (Fsp3) is 1.00. The third kappa shape index (κ3) is 4.84. The summed E-state index contributed by atoms with van der Waals surface area (Å²) in [5.74, 6) is 0. The third-order valence-corrected chi connectivity index (χ3v) is 3.71. The van der Waals surface area contributed by atoms with Crippen molar-refractivity contribution in [1.29, 1.82) is 0 Å². The van der Waals surface area contributed by atoms with Crippen LogP contribution in [0.15, 0.2) is 0 Å². The van der Waals surface area contributed by atoms with Crippen LogP contribution in [-0.4, -0.2) is 22.8 Å². The minimum absolute atomic E-state index is 0.0948. The maximum atomic E-state index is 10.6. The molecule has 0 aromatic rings. The number of β-amino-alcohol motifs (C(OH)–C–C–N with tert-alkyl or cyclic N) is 1. The van der Waals surface area contributed by atoms with E-state index in [2.05, 4.69) is 39.9 Å². The standard InChI is InChI=1S/C14H29NO/c1-12(2,3)15-11-14(16)8-6-7-13(4,5)9-10-14/h15-16H,6-11H2,1-5H3. The van der Waals surface area contributed by atoms with Crippen molar-refractivity contribution in [1.82, 2.24) is 5.32 Å². The second kappa shape index (κ2) is 4.66. The van der Waals surface area contributed by atoms with Gasteiger partial charge in [0.15, 0.2) is 0 Å². The van der Waals surface area contributed by atoms with Gasteiger partial charge in [-0.3, -0.25) is 0 Å². The van der Waals surface area contributed by atoms with Crippen molar-refractivity contribution in [3.63, 3.8) is 0 Å². The zero-order valence-corrected chi connectivity index (χ0v) is 11.7. The van der Waals surface area contributed by atoms with Crippen LogP contribution in [0.5, 0.6) is 0 Å². The van der Waals surface area contributed by atoms with Crippen molar-refractivity contribution in [3.8, 4) is 0 Å². The van der Waals surface area contributed by atoms with Crippen LogP contribution >= 0.6 is 0 Å². The number of nitrogens with one attached hydrogen (secondary N) is 1. The van der Waals surface area contributed by atoms with Gasteiger partial charge in [0, 0.05) is 12.1 Å². The Kier molecular flexibility index (Phi) is 4.07. The molecule has 0 bridgehead atoms. The summed E-state index contributed by atoms with van der Waals surface area (Å²) in [6.45, 7) is 11.8. The first-order valence-electron chi connectivity index (χ1n) is 6.59. The average Bonchev–Trinajstić information content (AvgIpc) is 2.23. The highest BCUT2D eigenvalue weighted by atomic mass is 16.3. The molecular formula is C14H29NO. The van der Waals surface area contributed by atoms with E-state index in [0.717, 1.165) is 32.2 Å². The van der Waals surface area contributed by atoms with Crippen LogP contribution in [0.25, 0.3) is 0 Å².